The number of hydrogen-bond donors (Lipinski definition) is 0. The van der Waals surface area contributed by atoms with Gasteiger partial charge in [-0.1, -0.05) is 23.5 Å². The topological polar surface area (TPSA) is 71.6 Å². The molecular weight excluding hydrogens is 292 g/mol. The second-order valence-corrected chi connectivity index (χ2v) is 6.77. The van der Waals surface area contributed by atoms with Crippen LogP contribution in [0, 0.1) is 10.1 Å². The lowest BCUT2D eigenvalue weighted by molar-refractivity contribution is -0.485. The van der Waals surface area contributed by atoms with Crippen LogP contribution in [0.4, 0.5) is 0 Å². The fourth-order valence-electron chi connectivity index (χ4n) is 1.56. The quantitative estimate of drug-likeness (QED) is 0.483. The van der Waals surface area contributed by atoms with Crippen LogP contribution in [-0.4, -0.2) is 38.6 Å². The van der Waals surface area contributed by atoms with Gasteiger partial charge in [0.05, 0.1) is 11.6 Å². The molecule has 98 valence electrons. The molecule has 0 radical (unpaired) electrons. The van der Waals surface area contributed by atoms with Gasteiger partial charge in [-0.2, -0.15) is 0 Å². The van der Waals surface area contributed by atoms with E-state index in [1.54, 1.807) is 23.1 Å². The number of amidine groups is 1. The van der Waals surface area contributed by atoms with Gasteiger partial charge in [0.25, 0.3) is 0 Å². The molecule has 0 unspecified atom stereocenters. The smallest absolute Gasteiger partial charge is 0.237 e. The van der Waals surface area contributed by atoms with Crippen LogP contribution in [0.5, 0.6) is 0 Å². The first-order valence-corrected chi connectivity index (χ1v) is 8.31. The van der Waals surface area contributed by atoms with Crippen LogP contribution < -0.4 is 0 Å². The predicted octanol–water partition coefficient (Wildman–Crippen LogP) is 2.35. The molecule has 18 heavy (non-hydrogen) atoms. The van der Waals surface area contributed by atoms with Gasteiger partial charge in [-0.15, -0.1) is 11.3 Å². The monoisotopic (exact) mass is 304 g/mol. The predicted molar refractivity (Wildman–Crippen MR) is 75.8 cm³/mol. The molecule has 1 fully saturated rings. The standard InChI is InChI=1S/C9H12N4O2S3/c1-16-9-10-5-7(18-9)6-12-3-2-4-17-8(12)11-13(14)15/h5H,2-4,6H2,1H3. The Bertz CT molecular complexity index is 462. The van der Waals surface area contributed by atoms with Crippen LogP contribution in [0.25, 0.3) is 0 Å². The summed E-state index contributed by atoms with van der Waals surface area (Å²) in [6, 6.07) is 0. The van der Waals surface area contributed by atoms with E-state index < -0.39 is 5.03 Å². The SMILES string of the molecule is CSc1ncc(CN2CCCSC2=N[N+](=O)[O-])s1. The maximum Gasteiger partial charge on any atom is 0.237 e. The van der Waals surface area contributed by atoms with E-state index in [-0.39, 0.29) is 0 Å². The largest absolute Gasteiger partial charge is 0.341 e. The van der Waals surface area contributed by atoms with Crippen LogP contribution in [0.1, 0.15) is 11.3 Å². The summed E-state index contributed by atoms with van der Waals surface area (Å²) >= 11 is 4.68. The zero-order chi connectivity index (χ0) is 13.0. The number of nitrogens with zero attached hydrogens (tertiary/aromatic N) is 4. The van der Waals surface area contributed by atoms with Crippen molar-refractivity contribution in [3.8, 4) is 0 Å². The van der Waals surface area contributed by atoms with Gasteiger partial charge < -0.3 is 4.90 Å². The van der Waals surface area contributed by atoms with E-state index in [1.165, 1.54) is 11.8 Å². The molecule has 0 bridgehead atoms. The Balaban J connectivity index is 2.07. The maximum atomic E-state index is 10.5. The second kappa shape index (κ2) is 6.39. The summed E-state index contributed by atoms with van der Waals surface area (Å²) in [5, 5.41) is 13.8. The van der Waals surface area contributed by atoms with Gasteiger partial charge in [0.15, 0.2) is 5.03 Å². The number of thiazole rings is 1. The molecule has 0 N–H and O–H groups in total. The van der Waals surface area contributed by atoms with E-state index >= 15 is 0 Å². The molecule has 0 spiro atoms. The van der Waals surface area contributed by atoms with E-state index in [9.17, 15) is 10.1 Å². The number of hydrogen-bond acceptors (Lipinski definition) is 6. The molecule has 0 saturated carbocycles. The third-order valence-corrected chi connectivity index (χ3v) is 5.37. The molecule has 1 aromatic rings. The molecule has 1 aliphatic rings. The summed E-state index contributed by atoms with van der Waals surface area (Å²) in [6.45, 7) is 1.46. The van der Waals surface area contributed by atoms with Crippen LogP contribution in [0.3, 0.4) is 0 Å². The average Bonchev–Trinajstić information content (AvgIpc) is 2.79. The van der Waals surface area contributed by atoms with Crippen LogP contribution >= 0.6 is 34.9 Å². The van der Waals surface area contributed by atoms with Gasteiger partial charge in [0.1, 0.15) is 4.34 Å². The van der Waals surface area contributed by atoms with Crippen molar-refractivity contribution < 1.29 is 5.03 Å². The number of hydrazone groups is 1. The highest BCUT2D eigenvalue weighted by molar-refractivity contribution is 8.13. The highest BCUT2D eigenvalue weighted by Gasteiger charge is 2.21. The van der Waals surface area contributed by atoms with E-state index in [0.29, 0.717) is 11.7 Å². The number of thioether (sulfide) groups is 2. The van der Waals surface area contributed by atoms with Gasteiger partial charge in [-0.05, 0) is 12.7 Å². The van der Waals surface area contributed by atoms with Gasteiger partial charge >= 0.3 is 0 Å². The number of rotatable bonds is 4. The Labute approximate surface area is 117 Å². The van der Waals surface area contributed by atoms with E-state index in [1.807, 2.05) is 17.4 Å². The third-order valence-electron chi connectivity index (χ3n) is 2.29. The van der Waals surface area contributed by atoms with Gasteiger partial charge in [0, 0.05) is 23.4 Å². The van der Waals surface area contributed by atoms with Crippen molar-refractivity contribution >= 4 is 40.0 Å². The Morgan fingerprint density at radius 2 is 2.56 bits per heavy atom. The maximum absolute atomic E-state index is 10.5. The molecule has 9 heteroatoms. The van der Waals surface area contributed by atoms with Crippen molar-refractivity contribution in [1.82, 2.24) is 9.88 Å². The zero-order valence-electron chi connectivity index (χ0n) is 9.74. The van der Waals surface area contributed by atoms with E-state index in [2.05, 4.69) is 10.1 Å². The fourth-order valence-corrected chi connectivity index (χ4v) is 3.95. The number of aromatic nitrogens is 1. The molecule has 0 aromatic carbocycles. The normalized spacial score (nSPS) is 18.3. The summed E-state index contributed by atoms with van der Waals surface area (Å²) in [4.78, 5) is 17.8. The summed E-state index contributed by atoms with van der Waals surface area (Å²) in [7, 11) is 0. The highest BCUT2D eigenvalue weighted by atomic mass is 32.2. The van der Waals surface area contributed by atoms with Crippen molar-refractivity contribution in [2.45, 2.75) is 17.3 Å². The van der Waals surface area contributed by atoms with E-state index in [0.717, 1.165) is 27.9 Å². The van der Waals surface area contributed by atoms with Gasteiger partial charge in [-0.25, -0.2) is 15.1 Å². The first-order valence-electron chi connectivity index (χ1n) is 5.28. The van der Waals surface area contributed by atoms with Gasteiger partial charge in [-0.3, -0.25) is 0 Å². The molecule has 1 aliphatic heterocycles. The second-order valence-electron chi connectivity index (χ2n) is 3.54. The van der Waals surface area contributed by atoms with Crippen molar-refractivity contribution in [3.63, 3.8) is 0 Å². The Morgan fingerprint density at radius 3 is 3.22 bits per heavy atom. The molecule has 0 amide bonds. The Morgan fingerprint density at radius 1 is 1.72 bits per heavy atom. The van der Waals surface area contributed by atoms with Crippen LogP contribution in [0.15, 0.2) is 15.6 Å². The van der Waals surface area contributed by atoms with Crippen LogP contribution in [-0.2, 0) is 6.54 Å². The first kappa shape index (κ1) is 13.6. The lowest BCUT2D eigenvalue weighted by atomic mass is 10.4. The molecule has 0 atom stereocenters. The van der Waals surface area contributed by atoms with Crippen molar-refractivity contribution in [2.24, 2.45) is 5.10 Å². The van der Waals surface area contributed by atoms with Crippen LogP contribution in [0.2, 0.25) is 0 Å². The minimum atomic E-state index is -0.624. The summed E-state index contributed by atoms with van der Waals surface area (Å²) in [5.74, 6) is 0.891. The first-order chi connectivity index (χ1) is 8.69. The summed E-state index contributed by atoms with van der Waals surface area (Å²) in [6.07, 6.45) is 4.84. The average molecular weight is 304 g/mol. The molecule has 2 rings (SSSR count). The zero-order valence-corrected chi connectivity index (χ0v) is 12.2. The van der Waals surface area contributed by atoms with E-state index in [4.69, 9.17) is 0 Å². The fraction of sp³-hybridized carbons (Fsp3) is 0.556. The summed E-state index contributed by atoms with van der Waals surface area (Å²) in [5.41, 5.74) is 0. The Kier molecular flexibility index (Phi) is 4.84. The third kappa shape index (κ3) is 3.59. The molecule has 2 heterocycles. The minimum absolute atomic E-state index is 0.505. The summed E-state index contributed by atoms with van der Waals surface area (Å²) < 4.78 is 1.02. The molecule has 0 aliphatic carbocycles. The lowest BCUT2D eigenvalue weighted by Crippen LogP contribution is -2.33. The van der Waals surface area contributed by atoms with Crippen molar-refractivity contribution in [2.75, 3.05) is 18.6 Å². The molecule has 1 saturated heterocycles. The highest BCUT2D eigenvalue weighted by Crippen LogP contribution is 2.25. The Hall–Kier alpha value is -0.800. The van der Waals surface area contributed by atoms with Crippen molar-refractivity contribution in [3.05, 3.63) is 21.2 Å². The van der Waals surface area contributed by atoms with Gasteiger partial charge in [0.2, 0.25) is 5.17 Å². The molecule has 1 aromatic heterocycles. The lowest BCUT2D eigenvalue weighted by Gasteiger charge is -2.26. The molecular formula is C9H12N4O2S3. The van der Waals surface area contributed by atoms with Crippen molar-refractivity contribution in [1.29, 1.82) is 0 Å². The minimum Gasteiger partial charge on any atom is -0.341 e. The molecule has 6 nitrogen and oxygen atoms in total. The number of nitro groups is 1.